The minimum absolute atomic E-state index is 0.245. The molecule has 134 valence electrons. The highest BCUT2D eigenvalue weighted by molar-refractivity contribution is 7.71. The van der Waals surface area contributed by atoms with Gasteiger partial charge >= 0.3 is 0 Å². The van der Waals surface area contributed by atoms with Crippen LogP contribution in [0.3, 0.4) is 0 Å². The smallest absolute Gasteiger partial charge is 0.254 e. The van der Waals surface area contributed by atoms with Crippen LogP contribution in [0.4, 0.5) is 0 Å². The summed E-state index contributed by atoms with van der Waals surface area (Å²) in [6, 6.07) is 10.5. The van der Waals surface area contributed by atoms with E-state index in [9.17, 15) is 0 Å². The molecule has 0 fully saturated rings. The largest absolute Gasteiger partial charge is 0.311 e. The Balaban J connectivity index is 1.64. The third kappa shape index (κ3) is 2.94. The number of aryl methyl sites for hydroxylation is 2. The SMILES string of the molecule is Cc1cc(C)n2c(=S)n(C[NH+](C)[C@H](C)c3nc4ccccc4s3)nc2n1. The summed E-state index contributed by atoms with van der Waals surface area (Å²) >= 11 is 7.38. The molecule has 0 aliphatic rings. The summed E-state index contributed by atoms with van der Waals surface area (Å²) in [7, 11) is 2.15. The van der Waals surface area contributed by atoms with E-state index in [1.54, 1.807) is 11.3 Å². The lowest BCUT2D eigenvalue weighted by molar-refractivity contribution is -0.933. The maximum atomic E-state index is 5.63. The van der Waals surface area contributed by atoms with Gasteiger partial charge in [0.25, 0.3) is 5.78 Å². The first kappa shape index (κ1) is 17.3. The molecule has 0 radical (unpaired) electrons. The van der Waals surface area contributed by atoms with Gasteiger partial charge in [-0.05, 0) is 51.2 Å². The second-order valence-electron chi connectivity index (χ2n) is 6.70. The first-order chi connectivity index (χ1) is 12.4. The third-order valence-electron chi connectivity index (χ3n) is 4.69. The van der Waals surface area contributed by atoms with E-state index >= 15 is 0 Å². The number of quaternary nitrogens is 1. The van der Waals surface area contributed by atoms with Crippen LogP contribution in [0.1, 0.15) is 29.4 Å². The number of benzene rings is 1. The molecule has 3 aromatic heterocycles. The summed E-state index contributed by atoms with van der Waals surface area (Å²) < 4.78 is 5.70. The monoisotopic (exact) mass is 385 g/mol. The quantitative estimate of drug-likeness (QED) is 0.549. The molecule has 0 bridgehead atoms. The van der Waals surface area contributed by atoms with Gasteiger partial charge < -0.3 is 4.90 Å². The Labute approximate surface area is 160 Å². The molecule has 6 nitrogen and oxygen atoms in total. The van der Waals surface area contributed by atoms with Crippen molar-refractivity contribution >= 4 is 39.5 Å². The second-order valence-corrected chi connectivity index (χ2v) is 8.13. The van der Waals surface area contributed by atoms with Crippen molar-refractivity contribution < 1.29 is 4.90 Å². The van der Waals surface area contributed by atoms with Gasteiger partial charge in [0.05, 0.1) is 17.3 Å². The Morgan fingerprint density at radius 2 is 2.00 bits per heavy atom. The summed E-state index contributed by atoms with van der Waals surface area (Å²) in [5.41, 5.74) is 3.07. The van der Waals surface area contributed by atoms with Gasteiger partial charge in [-0.2, -0.15) is 4.68 Å². The zero-order valence-corrected chi connectivity index (χ0v) is 16.9. The van der Waals surface area contributed by atoms with Gasteiger partial charge in [-0.15, -0.1) is 16.4 Å². The maximum Gasteiger partial charge on any atom is 0.254 e. The third-order valence-corrected chi connectivity index (χ3v) is 6.30. The molecule has 1 aromatic carbocycles. The fourth-order valence-corrected chi connectivity index (χ4v) is 4.54. The summed E-state index contributed by atoms with van der Waals surface area (Å²) in [4.78, 5) is 10.6. The summed E-state index contributed by atoms with van der Waals surface area (Å²) in [5, 5.41) is 5.75. The lowest BCUT2D eigenvalue weighted by Crippen LogP contribution is -3.08. The van der Waals surface area contributed by atoms with Crippen LogP contribution in [-0.2, 0) is 6.67 Å². The van der Waals surface area contributed by atoms with Gasteiger partial charge in [-0.1, -0.05) is 12.1 Å². The average Bonchev–Trinajstić information content (AvgIpc) is 3.15. The topological polar surface area (TPSA) is 52.5 Å². The fraction of sp³-hybridized carbons (Fsp3) is 0.333. The van der Waals surface area contributed by atoms with Gasteiger partial charge in [0, 0.05) is 11.4 Å². The summed E-state index contributed by atoms with van der Waals surface area (Å²) in [6.45, 7) is 6.86. The molecule has 2 atom stereocenters. The molecule has 0 amide bonds. The van der Waals surface area contributed by atoms with Crippen LogP contribution in [0.15, 0.2) is 30.3 Å². The van der Waals surface area contributed by atoms with Crippen molar-refractivity contribution in [2.45, 2.75) is 33.5 Å². The Hall–Kier alpha value is -2.16. The van der Waals surface area contributed by atoms with Crippen molar-refractivity contribution in [3.63, 3.8) is 0 Å². The molecular weight excluding hydrogens is 364 g/mol. The van der Waals surface area contributed by atoms with Crippen molar-refractivity contribution in [3.05, 3.63) is 51.5 Å². The number of hydrogen-bond donors (Lipinski definition) is 1. The highest BCUT2D eigenvalue weighted by atomic mass is 32.1. The van der Waals surface area contributed by atoms with Crippen molar-refractivity contribution in [3.8, 4) is 0 Å². The Kier molecular flexibility index (Phi) is 4.34. The molecule has 1 unspecified atom stereocenters. The number of hydrogen-bond acceptors (Lipinski definition) is 5. The molecular formula is C18H21N6S2+. The fourth-order valence-electron chi connectivity index (χ4n) is 3.10. The number of nitrogens with one attached hydrogen (secondary N) is 1. The van der Waals surface area contributed by atoms with Crippen molar-refractivity contribution in [1.82, 2.24) is 24.1 Å². The Morgan fingerprint density at radius 1 is 1.23 bits per heavy atom. The molecule has 4 rings (SSSR count). The van der Waals surface area contributed by atoms with E-state index in [2.05, 4.69) is 42.3 Å². The summed E-state index contributed by atoms with van der Waals surface area (Å²) in [5.74, 6) is 0.660. The van der Waals surface area contributed by atoms with Crippen LogP contribution in [0.2, 0.25) is 0 Å². The maximum absolute atomic E-state index is 5.63. The molecule has 0 aliphatic heterocycles. The first-order valence-electron chi connectivity index (χ1n) is 8.55. The van der Waals surface area contributed by atoms with Crippen LogP contribution in [-0.4, -0.2) is 31.2 Å². The number of nitrogens with zero attached hydrogens (tertiary/aromatic N) is 5. The van der Waals surface area contributed by atoms with Crippen LogP contribution in [0.25, 0.3) is 16.0 Å². The van der Waals surface area contributed by atoms with Gasteiger partial charge in [0.2, 0.25) is 4.77 Å². The zero-order valence-electron chi connectivity index (χ0n) is 15.2. The van der Waals surface area contributed by atoms with Crippen molar-refractivity contribution in [2.75, 3.05) is 7.05 Å². The molecule has 4 aromatic rings. The standard InChI is InChI=1S/C18H20N6S2/c1-11-9-12(2)24-17(19-11)21-23(18(24)25)10-22(4)13(3)16-20-14-7-5-6-8-15(14)26-16/h5-9,13H,10H2,1-4H3/p+1/t13-/m1/s1. The van der Waals surface area contributed by atoms with E-state index < -0.39 is 0 Å². The van der Waals surface area contributed by atoms with E-state index in [4.69, 9.17) is 17.2 Å². The minimum Gasteiger partial charge on any atom is -0.311 e. The van der Waals surface area contributed by atoms with E-state index in [1.165, 1.54) is 9.60 Å². The number of aromatic nitrogens is 5. The molecule has 0 saturated carbocycles. The van der Waals surface area contributed by atoms with Crippen LogP contribution >= 0.6 is 23.6 Å². The highest BCUT2D eigenvalue weighted by Gasteiger charge is 2.21. The van der Waals surface area contributed by atoms with Gasteiger partial charge in [0.1, 0.15) is 6.04 Å². The molecule has 3 heterocycles. The highest BCUT2D eigenvalue weighted by Crippen LogP contribution is 2.24. The van der Waals surface area contributed by atoms with Gasteiger partial charge in [-0.3, -0.25) is 4.40 Å². The number of thiazole rings is 1. The van der Waals surface area contributed by atoms with Crippen LogP contribution in [0, 0.1) is 18.6 Å². The molecule has 1 N–H and O–H groups in total. The number of para-hydroxylation sites is 1. The lowest BCUT2D eigenvalue weighted by atomic mass is 10.3. The zero-order chi connectivity index (χ0) is 18.4. The average molecular weight is 386 g/mol. The lowest BCUT2D eigenvalue weighted by Gasteiger charge is -2.19. The minimum atomic E-state index is 0.245. The number of rotatable bonds is 4. The summed E-state index contributed by atoms with van der Waals surface area (Å²) in [6.07, 6.45) is 0. The first-order valence-corrected chi connectivity index (χ1v) is 9.78. The van der Waals surface area contributed by atoms with Crippen LogP contribution < -0.4 is 4.90 Å². The second kappa shape index (κ2) is 6.53. The predicted molar refractivity (Wildman–Crippen MR) is 106 cm³/mol. The van der Waals surface area contributed by atoms with Gasteiger partial charge in [-0.25, -0.2) is 9.97 Å². The Bertz CT molecular complexity index is 1120. The van der Waals surface area contributed by atoms with Crippen molar-refractivity contribution in [1.29, 1.82) is 0 Å². The molecule has 8 heteroatoms. The van der Waals surface area contributed by atoms with Crippen LogP contribution in [0.5, 0.6) is 0 Å². The number of fused-ring (bicyclic) bond motifs is 2. The normalized spacial score (nSPS) is 14.2. The molecule has 0 spiro atoms. The van der Waals surface area contributed by atoms with E-state index in [0.29, 0.717) is 17.2 Å². The molecule has 0 aliphatic carbocycles. The van der Waals surface area contributed by atoms with E-state index in [0.717, 1.165) is 21.9 Å². The Morgan fingerprint density at radius 3 is 2.77 bits per heavy atom. The van der Waals surface area contributed by atoms with Crippen molar-refractivity contribution in [2.24, 2.45) is 0 Å². The van der Waals surface area contributed by atoms with E-state index in [-0.39, 0.29) is 6.04 Å². The van der Waals surface area contributed by atoms with E-state index in [1.807, 2.05) is 35.1 Å². The molecule has 26 heavy (non-hydrogen) atoms. The predicted octanol–water partition coefficient (Wildman–Crippen LogP) is 2.72. The van der Waals surface area contributed by atoms with Gasteiger partial charge in [0.15, 0.2) is 11.7 Å². The molecule has 0 saturated heterocycles.